The molecule has 118 valence electrons. The molecule has 0 spiro atoms. The van der Waals surface area contributed by atoms with E-state index in [1.165, 1.54) is 14.0 Å². The summed E-state index contributed by atoms with van der Waals surface area (Å²) < 4.78 is 4.68. The molecule has 0 unspecified atom stereocenters. The standard InChI is InChI=1S/C17H21NO4/c1-11-6-4-7-13(10-11)15(18-16(21)22-3)17(12(2)19)9-5-8-14(17)20/h4,6-7,10,15H,5,8-9H2,1-3H3,(H,18,21)/t15-,17-/m0/s1. The first-order valence-corrected chi connectivity index (χ1v) is 7.37. The summed E-state index contributed by atoms with van der Waals surface area (Å²) in [5.74, 6) is -0.319. The molecule has 1 amide bonds. The number of hydrogen-bond acceptors (Lipinski definition) is 4. The van der Waals surface area contributed by atoms with Crippen LogP contribution < -0.4 is 5.32 Å². The third-order valence-electron chi connectivity index (χ3n) is 4.42. The van der Waals surface area contributed by atoms with Gasteiger partial charge in [-0.2, -0.15) is 0 Å². The Morgan fingerprint density at radius 3 is 2.59 bits per heavy atom. The number of hydrogen-bond donors (Lipinski definition) is 1. The first kappa shape index (κ1) is 16.2. The molecular formula is C17H21NO4. The fourth-order valence-electron chi connectivity index (χ4n) is 3.29. The van der Waals surface area contributed by atoms with Gasteiger partial charge in [0.25, 0.3) is 0 Å². The Hall–Kier alpha value is -2.17. The van der Waals surface area contributed by atoms with E-state index >= 15 is 0 Å². The van der Waals surface area contributed by atoms with Crippen LogP contribution in [0.5, 0.6) is 0 Å². The number of ether oxygens (including phenoxy) is 1. The van der Waals surface area contributed by atoms with E-state index in [0.29, 0.717) is 19.3 Å². The molecule has 0 aliphatic heterocycles. The Morgan fingerprint density at radius 2 is 2.09 bits per heavy atom. The van der Waals surface area contributed by atoms with Crippen molar-refractivity contribution in [1.82, 2.24) is 5.32 Å². The van der Waals surface area contributed by atoms with Crippen LogP contribution in [0.1, 0.15) is 43.4 Å². The Kier molecular flexibility index (Phi) is 4.64. The molecule has 1 N–H and O–H groups in total. The lowest BCUT2D eigenvalue weighted by molar-refractivity contribution is -0.139. The maximum absolute atomic E-state index is 12.5. The fourth-order valence-corrected chi connectivity index (χ4v) is 3.29. The normalized spacial score (nSPS) is 22.2. The van der Waals surface area contributed by atoms with Crippen molar-refractivity contribution in [1.29, 1.82) is 0 Å². The third kappa shape index (κ3) is 2.75. The molecule has 5 nitrogen and oxygen atoms in total. The average Bonchev–Trinajstić information content (AvgIpc) is 2.87. The van der Waals surface area contributed by atoms with Gasteiger partial charge in [-0.15, -0.1) is 0 Å². The van der Waals surface area contributed by atoms with E-state index in [4.69, 9.17) is 0 Å². The van der Waals surface area contributed by atoms with Gasteiger partial charge in [-0.25, -0.2) is 4.79 Å². The zero-order valence-corrected chi connectivity index (χ0v) is 13.1. The highest BCUT2D eigenvalue weighted by Gasteiger charge is 2.53. The molecule has 0 saturated heterocycles. The minimum Gasteiger partial charge on any atom is -0.453 e. The van der Waals surface area contributed by atoms with Gasteiger partial charge in [-0.1, -0.05) is 29.8 Å². The monoisotopic (exact) mass is 303 g/mol. The van der Waals surface area contributed by atoms with Crippen molar-refractivity contribution in [2.75, 3.05) is 7.11 Å². The molecule has 0 radical (unpaired) electrons. The second-order valence-corrected chi connectivity index (χ2v) is 5.79. The van der Waals surface area contributed by atoms with E-state index in [9.17, 15) is 14.4 Å². The van der Waals surface area contributed by atoms with Crippen molar-refractivity contribution in [3.05, 3.63) is 35.4 Å². The minimum absolute atomic E-state index is 0.108. The van der Waals surface area contributed by atoms with Crippen molar-refractivity contribution in [3.8, 4) is 0 Å². The van der Waals surface area contributed by atoms with Gasteiger partial charge in [0.15, 0.2) is 0 Å². The highest BCUT2D eigenvalue weighted by Crippen LogP contribution is 2.46. The summed E-state index contributed by atoms with van der Waals surface area (Å²) in [4.78, 5) is 36.6. The van der Waals surface area contributed by atoms with E-state index in [1.807, 2.05) is 31.2 Å². The number of aryl methyl sites for hydroxylation is 1. The summed E-state index contributed by atoms with van der Waals surface area (Å²) in [6.07, 6.45) is 0.824. The quantitative estimate of drug-likeness (QED) is 0.868. The van der Waals surface area contributed by atoms with Crippen LogP contribution in [0.3, 0.4) is 0 Å². The maximum Gasteiger partial charge on any atom is 0.407 e. The van der Waals surface area contributed by atoms with Crippen molar-refractivity contribution in [2.24, 2.45) is 5.41 Å². The van der Waals surface area contributed by atoms with Gasteiger partial charge < -0.3 is 10.1 Å². The summed E-state index contributed by atoms with van der Waals surface area (Å²) in [7, 11) is 1.26. The van der Waals surface area contributed by atoms with Crippen LogP contribution in [0, 0.1) is 12.3 Å². The minimum atomic E-state index is -1.19. The summed E-state index contributed by atoms with van der Waals surface area (Å²) in [5, 5.41) is 2.70. The number of methoxy groups -OCH3 is 1. The Bertz CT molecular complexity index is 610. The van der Waals surface area contributed by atoms with Crippen molar-refractivity contribution < 1.29 is 19.1 Å². The molecule has 1 fully saturated rings. The number of amides is 1. The lowest BCUT2D eigenvalue weighted by Gasteiger charge is -2.34. The van der Waals surface area contributed by atoms with Gasteiger partial charge in [0.2, 0.25) is 0 Å². The van der Waals surface area contributed by atoms with Gasteiger partial charge >= 0.3 is 6.09 Å². The Labute approximate surface area is 130 Å². The van der Waals surface area contributed by atoms with E-state index in [-0.39, 0.29) is 11.6 Å². The molecule has 2 atom stereocenters. The molecule has 0 heterocycles. The van der Waals surface area contributed by atoms with E-state index in [1.54, 1.807) is 0 Å². The highest BCUT2D eigenvalue weighted by molar-refractivity contribution is 6.08. The van der Waals surface area contributed by atoms with Gasteiger partial charge in [0, 0.05) is 6.42 Å². The molecule has 2 rings (SSSR count). The zero-order valence-electron chi connectivity index (χ0n) is 13.1. The predicted molar refractivity (Wildman–Crippen MR) is 81.4 cm³/mol. The molecule has 22 heavy (non-hydrogen) atoms. The zero-order chi connectivity index (χ0) is 16.3. The smallest absolute Gasteiger partial charge is 0.407 e. The van der Waals surface area contributed by atoms with Crippen molar-refractivity contribution in [2.45, 2.75) is 39.2 Å². The average molecular weight is 303 g/mol. The molecule has 5 heteroatoms. The summed E-state index contributed by atoms with van der Waals surface area (Å²) >= 11 is 0. The second-order valence-electron chi connectivity index (χ2n) is 5.79. The molecule has 1 saturated carbocycles. The van der Waals surface area contributed by atoms with Crippen molar-refractivity contribution >= 4 is 17.7 Å². The van der Waals surface area contributed by atoms with Crippen molar-refractivity contribution in [3.63, 3.8) is 0 Å². The number of benzene rings is 1. The molecule has 0 bridgehead atoms. The number of carbonyl (C=O) groups excluding carboxylic acids is 3. The number of Topliss-reactive ketones (excluding diaryl/α,β-unsaturated/α-hetero) is 2. The first-order valence-electron chi connectivity index (χ1n) is 7.37. The molecule has 1 aromatic carbocycles. The maximum atomic E-state index is 12.5. The van der Waals surface area contributed by atoms with Gasteiger partial charge in [0.05, 0.1) is 13.2 Å². The van der Waals surface area contributed by atoms with Crippen LogP contribution in [0.25, 0.3) is 0 Å². The Balaban J connectivity index is 2.54. The highest BCUT2D eigenvalue weighted by atomic mass is 16.5. The third-order valence-corrected chi connectivity index (χ3v) is 4.42. The Morgan fingerprint density at radius 1 is 1.36 bits per heavy atom. The lowest BCUT2D eigenvalue weighted by atomic mass is 9.71. The largest absolute Gasteiger partial charge is 0.453 e. The van der Waals surface area contributed by atoms with Crippen LogP contribution >= 0.6 is 0 Å². The number of carbonyl (C=O) groups is 3. The molecule has 1 aromatic rings. The number of nitrogens with one attached hydrogen (secondary N) is 1. The molecule has 0 aromatic heterocycles. The number of rotatable bonds is 4. The number of alkyl carbamates (subject to hydrolysis) is 1. The van der Waals surface area contributed by atoms with Crippen LogP contribution in [-0.4, -0.2) is 24.8 Å². The topological polar surface area (TPSA) is 72.5 Å². The predicted octanol–water partition coefficient (Wildman–Crippen LogP) is 2.72. The van der Waals surface area contributed by atoms with Crippen LogP contribution in [0.2, 0.25) is 0 Å². The van der Waals surface area contributed by atoms with Crippen LogP contribution in [-0.2, 0) is 14.3 Å². The second kappa shape index (κ2) is 6.30. The molecular weight excluding hydrogens is 282 g/mol. The fraction of sp³-hybridized carbons (Fsp3) is 0.471. The SMILES string of the molecule is COC(=O)N[C@@H](c1cccc(C)c1)[C@]1(C(C)=O)CCCC1=O. The van der Waals surface area contributed by atoms with Crippen LogP contribution in [0.4, 0.5) is 4.79 Å². The van der Waals surface area contributed by atoms with E-state index < -0.39 is 17.6 Å². The van der Waals surface area contributed by atoms with E-state index in [0.717, 1.165) is 11.1 Å². The van der Waals surface area contributed by atoms with Gasteiger partial charge in [-0.05, 0) is 32.3 Å². The number of ketones is 2. The van der Waals surface area contributed by atoms with Gasteiger partial charge in [-0.3, -0.25) is 9.59 Å². The molecule has 1 aliphatic rings. The lowest BCUT2D eigenvalue weighted by Crippen LogP contribution is -2.47. The summed E-state index contributed by atoms with van der Waals surface area (Å²) in [6, 6.07) is 6.78. The first-order chi connectivity index (χ1) is 10.4. The van der Waals surface area contributed by atoms with E-state index in [2.05, 4.69) is 10.1 Å². The van der Waals surface area contributed by atoms with Gasteiger partial charge in [0.1, 0.15) is 17.0 Å². The molecule has 1 aliphatic carbocycles. The summed E-state index contributed by atoms with van der Waals surface area (Å²) in [5.41, 5.74) is 0.552. The van der Waals surface area contributed by atoms with Crippen LogP contribution in [0.15, 0.2) is 24.3 Å². The summed E-state index contributed by atoms with van der Waals surface area (Å²) in [6.45, 7) is 3.35.